The van der Waals surface area contributed by atoms with Gasteiger partial charge in [0.2, 0.25) is 0 Å². The van der Waals surface area contributed by atoms with Crippen LogP contribution in [0.2, 0.25) is 37.8 Å². The highest BCUT2D eigenvalue weighted by Gasteiger charge is 2.55. The van der Waals surface area contributed by atoms with Gasteiger partial charge in [0.15, 0.2) is 22.4 Å². The minimum atomic E-state index is -2.02. The van der Waals surface area contributed by atoms with E-state index in [9.17, 15) is 4.79 Å². The zero-order valence-electron chi connectivity index (χ0n) is 18.4. The summed E-state index contributed by atoms with van der Waals surface area (Å²) in [5.74, 6) is 5.13. The lowest BCUT2D eigenvalue weighted by atomic mass is 9.91. The molecule has 1 aliphatic carbocycles. The molecule has 0 aromatic rings. The van der Waals surface area contributed by atoms with E-state index in [2.05, 4.69) is 77.0 Å². The second-order valence-corrected chi connectivity index (χ2v) is 19.2. The van der Waals surface area contributed by atoms with Gasteiger partial charge in [-0.05, 0) is 50.1 Å². The van der Waals surface area contributed by atoms with E-state index < -0.39 is 28.4 Å². The number of esters is 1. The van der Waals surface area contributed by atoms with Gasteiger partial charge in [0, 0.05) is 24.7 Å². The maximum atomic E-state index is 11.4. The van der Waals surface area contributed by atoms with Crippen LogP contribution in [0.5, 0.6) is 0 Å². The molecular formula is C20H38O4Si2. The van der Waals surface area contributed by atoms with Crippen molar-refractivity contribution in [1.82, 2.24) is 0 Å². The zero-order valence-corrected chi connectivity index (χ0v) is 20.4. The van der Waals surface area contributed by atoms with Crippen LogP contribution in [-0.4, -0.2) is 35.5 Å². The maximum Gasteiger partial charge on any atom is 0.384 e. The van der Waals surface area contributed by atoms with Crippen LogP contribution >= 0.6 is 0 Å². The molecule has 1 aliphatic rings. The summed E-state index contributed by atoms with van der Waals surface area (Å²) in [6.45, 7) is 20.2. The molecule has 0 aromatic heterocycles. The molecule has 0 aliphatic heterocycles. The first-order valence-electron chi connectivity index (χ1n) is 9.61. The average molecular weight is 399 g/mol. The molecule has 0 amide bonds. The molecular weight excluding hydrogens is 360 g/mol. The lowest BCUT2D eigenvalue weighted by molar-refractivity contribution is -0.160. The highest BCUT2D eigenvalue weighted by atomic mass is 28.4. The number of rotatable bonds is 5. The fourth-order valence-electron chi connectivity index (χ4n) is 3.27. The standard InChI is InChI=1S/C20H38O4Si2/c1-16-14-15-20(23-25(6,7)8,24-26(9,10)19(2,3)4)17(16)12-11-13-18(21)22-5/h16-17H,12,14-15H2,1-10H3/t16-,17+,20-/m0/s1. The van der Waals surface area contributed by atoms with Gasteiger partial charge in [-0.2, -0.15) is 0 Å². The first kappa shape index (κ1) is 23.4. The Morgan fingerprint density at radius 3 is 2.19 bits per heavy atom. The molecule has 1 saturated carbocycles. The summed E-state index contributed by atoms with van der Waals surface area (Å²) in [5.41, 5.74) is 0. The third-order valence-electron chi connectivity index (χ3n) is 5.61. The molecule has 3 atom stereocenters. The van der Waals surface area contributed by atoms with Crippen molar-refractivity contribution in [2.45, 2.75) is 90.5 Å². The normalized spacial score (nSPS) is 27.0. The van der Waals surface area contributed by atoms with Crippen LogP contribution in [0, 0.1) is 23.7 Å². The molecule has 0 radical (unpaired) electrons. The minimum absolute atomic E-state index is 0.108. The van der Waals surface area contributed by atoms with E-state index in [1.165, 1.54) is 7.11 Å². The number of hydrogen-bond donors (Lipinski definition) is 0. The summed E-state index contributed by atoms with van der Waals surface area (Å²) < 4.78 is 18.4. The third-order valence-corrected chi connectivity index (χ3v) is 11.0. The molecule has 0 bridgehead atoms. The van der Waals surface area contributed by atoms with Crippen LogP contribution < -0.4 is 0 Å². The Morgan fingerprint density at radius 2 is 1.73 bits per heavy atom. The molecule has 0 aromatic carbocycles. The number of ether oxygens (including phenoxy) is 1. The van der Waals surface area contributed by atoms with Gasteiger partial charge >= 0.3 is 5.97 Å². The predicted molar refractivity (Wildman–Crippen MR) is 112 cm³/mol. The number of methoxy groups -OCH3 is 1. The van der Waals surface area contributed by atoms with Gasteiger partial charge < -0.3 is 13.6 Å². The predicted octanol–water partition coefficient (Wildman–Crippen LogP) is 5.17. The van der Waals surface area contributed by atoms with E-state index in [1.54, 1.807) is 0 Å². The summed E-state index contributed by atoms with van der Waals surface area (Å²) in [6.07, 6.45) is 2.55. The average Bonchev–Trinajstić information content (AvgIpc) is 2.72. The van der Waals surface area contributed by atoms with Crippen LogP contribution in [0.3, 0.4) is 0 Å². The Morgan fingerprint density at radius 1 is 1.15 bits per heavy atom. The van der Waals surface area contributed by atoms with Crippen molar-refractivity contribution < 1.29 is 18.4 Å². The van der Waals surface area contributed by atoms with Gasteiger partial charge in [-0.15, -0.1) is 0 Å². The Labute approximate surface area is 162 Å². The van der Waals surface area contributed by atoms with Crippen molar-refractivity contribution in [3.8, 4) is 11.8 Å². The summed E-state index contributed by atoms with van der Waals surface area (Å²) in [5, 5.41) is 0.108. The Kier molecular flexibility index (Phi) is 7.37. The minimum Gasteiger partial charge on any atom is -0.459 e. The van der Waals surface area contributed by atoms with Crippen molar-refractivity contribution in [1.29, 1.82) is 0 Å². The topological polar surface area (TPSA) is 44.8 Å². The third kappa shape index (κ3) is 5.95. The van der Waals surface area contributed by atoms with Crippen molar-refractivity contribution in [2.75, 3.05) is 7.11 Å². The van der Waals surface area contributed by atoms with Gasteiger partial charge in [0.05, 0.1) is 7.11 Å². The molecule has 0 heterocycles. The molecule has 26 heavy (non-hydrogen) atoms. The Bertz CT molecular complexity index is 563. The van der Waals surface area contributed by atoms with E-state index in [4.69, 9.17) is 8.85 Å². The van der Waals surface area contributed by atoms with Crippen molar-refractivity contribution in [3.05, 3.63) is 0 Å². The fraction of sp³-hybridized carbons (Fsp3) is 0.850. The molecule has 4 nitrogen and oxygen atoms in total. The van der Waals surface area contributed by atoms with Crippen molar-refractivity contribution >= 4 is 22.6 Å². The van der Waals surface area contributed by atoms with E-state index in [1.807, 2.05) is 0 Å². The molecule has 1 rings (SSSR count). The molecule has 0 unspecified atom stereocenters. The SMILES string of the molecule is COC(=O)C#CC[C@@H]1[C@@H](C)CC[C@]1(O[Si](C)(C)C)O[Si](C)(C)C(C)(C)C. The van der Waals surface area contributed by atoms with Gasteiger partial charge in [-0.3, -0.25) is 0 Å². The zero-order chi connectivity index (χ0) is 20.4. The van der Waals surface area contributed by atoms with Crippen LogP contribution in [0.25, 0.3) is 0 Å². The summed E-state index contributed by atoms with van der Waals surface area (Å²) in [6, 6.07) is 0. The summed E-state index contributed by atoms with van der Waals surface area (Å²) in [4.78, 5) is 11.4. The highest BCUT2D eigenvalue weighted by molar-refractivity contribution is 6.74. The highest BCUT2D eigenvalue weighted by Crippen LogP contribution is 2.51. The fourth-order valence-corrected chi connectivity index (χ4v) is 6.15. The number of carbonyl (C=O) groups excluding carboxylic acids is 1. The van der Waals surface area contributed by atoms with Gasteiger partial charge in [-0.25, -0.2) is 4.79 Å². The van der Waals surface area contributed by atoms with Crippen molar-refractivity contribution in [2.24, 2.45) is 11.8 Å². The lowest BCUT2D eigenvalue weighted by Crippen LogP contribution is -2.56. The molecule has 0 N–H and O–H groups in total. The molecule has 150 valence electrons. The summed E-state index contributed by atoms with van der Waals surface area (Å²) in [7, 11) is -2.50. The van der Waals surface area contributed by atoms with Crippen LogP contribution in [-0.2, 0) is 18.4 Å². The molecule has 0 spiro atoms. The largest absolute Gasteiger partial charge is 0.459 e. The molecule has 6 heteroatoms. The first-order valence-corrected chi connectivity index (χ1v) is 15.9. The van der Waals surface area contributed by atoms with Crippen LogP contribution in [0.1, 0.15) is 47.0 Å². The number of hydrogen-bond acceptors (Lipinski definition) is 4. The second kappa shape index (κ2) is 8.18. The molecule has 1 fully saturated rings. The second-order valence-electron chi connectivity index (χ2n) is 10.0. The monoisotopic (exact) mass is 398 g/mol. The van der Waals surface area contributed by atoms with Crippen molar-refractivity contribution in [3.63, 3.8) is 0 Å². The van der Waals surface area contributed by atoms with E-state index in [-0.39, 0.29) is 11.0 Å². The smallest absolute Gasteiger partial charge is 0.384 e. The van der Waals surface area contributed by atoms with Crippen LogP contribution in [0.4, 0.5) is 0 Å². The van der Waals surface area contributed by atoms with Crippen LogP contribution in [0.15, 0.2) is 0 Å². The summed E-state index contributed by atoms with van der Waals surface area (Å²) >= 11 is 0. The van der Waals surface area contributed by atoms with E-state index in [0.29, 0.717) is 12.3 Å². The first-order chi connectivity index (χ1) is 11.6. The van der Waals surface area contributed by atoms with Gasteiger partial charge in [0.1, 0.15) is 0 Å². The van der Waals surface area contributed by atoms with Gasteiger partial charge in [-0.1, -0.05) is 33.6 Å². The van der Waals surface area contributed by atoms with E-state index >= 15 is 0 Å². The Balaban J connectivity index is 3.24. The quantitative estimate of drug-likeness (QED) is 0.211. The van der Waals surface area contributed by atoms with Gasteiger partial charge in [0.25, 0.3) is 0 Å². The maximum absolute atomic E-state index is 11.4. The Hall–Kier alpha value is -0.616. The lowest BCUT2D eigenvalue weighted by Gasteiger charge is -2.49. The molecule has 0 saturated heterocycles. The number of carbonyl (C=O) groups is 1. The van der Waals surface area contributed by atoms with E-state index in [0.717, 1.165) is 12.8 Å².